The summed E-state index contributed by atoms with van der Waals surface area (Å²) < 4.78 is 10.5. The lowest BCUT2D eigenvalue weighted by atomic mass is 9.99. The van der Waals surface area contributed by atoms with Crippen LogP contribution in [0.2, 0.25) is 0 Å². The molecule has 1 aromatic rings. The maximum atomic E-state index is 5.96. The molecule has 3 N–H and O–H groups in total. The minimum Gasteiger partial charge on any atom is -0.493 e. The number of piperidine rings is 1. The molecule has 0 unspecified atom stereocenters. The molecule has 24 heavy (non-hydrogen) atoms. The molecule has 1 saturated heterocycles. The van der Waals surface area contributed by atoms with Crippen LogP contribution >= 0.6 is 0 Å². The number of benzene rings is 1. The number of hydrogen-bond acceptors (Lipinski definition) is 4. The Balaban J connectivity index is 1.75. The summed E-state index contributed by atoms with van der Waals surface area (Å²) in [6, 6.07) is 5.57. The van der Waals surface area contributed by atoms with Crippen LogP contribution in [0.3, 0.4) is 0 Å². The number of hydrogen-bond donors (Lipinski definition) is 2. The molecule has 0 atom stereocenters. The van der Waals surface area contributed by atoms with Crippen LogP contribution in [0.4, 0.5) is 5.69 Å². The molecule has 1 heterocycles. The third kappa shape index (κ3) is 5.60. The minimum absolute atomic E-state index is 0.425. The fraction of sp³-hybridized carbons (Fsp3) is 0.611. The van der Waals surface area contributed by atoms with Gasteiger partial charge in [0.1, 0.15) is 0 Å². The number of likely N-dealkylation sites (tertiary alicyclic amines) is 1. The number of nitrogens with two attached hydrogens (primary N) is 1. The highest BCUT2D eigenvalue weighted by Crippen LogP contribution is 2.29. The quantitative estimate of drug-likeness (QED) is 0.455. The number of guanidine groups is 1. The molecule has 0 radical (unpaired) electrons. The van der Waals surface area contributed by atoms with Crippen LogP contribution in [0, 0.1) is 5.92 Å². The second-order valence-corrected chi connectivity index (χ2v) is 6.34. The highest BCUT2D eigenvalue weighted by Gasteiger charge is 2.14. The van der Waals surface area contributed by atoms with Gasteiger partial charge in [-0.2, -0.15) is 0 Å². The summed E-state index contributed by atoms with van der Waals surface area (Å²) in [7, 11) is 3.23. The lowest BCUT2D eigenvalue weighted by Gasteiger charge is -2.29. The van der Waals surface area contributed by atoms with E-state index in [1.54, 1.807) is 14.2 Å². The van der Waals surface area contributed by atoms with Gasteiger partial charge in [0.05, 0.1) is 14.2 Å². The van der Waals surface area contributed by atoms with Crippen molar-refractivity contribution in [1.29, 1.82) is 0 Å². The van der Waals surface area contributed by atoms with E-state index in [9.17, 15) is 0 Å². The Kier molecular flexibility index (Phi) is 7.18. The van der Waals surface area contributed by atoms with Gasteiger partial charge in [-0.05, 0) is 56.9 Å². The van der Waals surface area contributed by atoms with Gasteiger partial charge in [0.2, 0.25) is 0 Å². The molecular formula is C18H30N4O2. The molecule has 0 aromatic heterocycles. The van der Waals surface area contributed by atoms with E-state index in [0.717, 1.165) is 31.1 Å². The summed E-state index contributed by atoms with van der Waals surface area (Å²) in [4.78, 5) is 6.92. The normalized spacial score (nSPS) is 16.9. The number of anilines is 1. The van der Waals surface area contributed by atoms with E-state index in [0.29, 0.717) is 17.5 Å². The molecule has 0 aliphatic carbocycles. The fourth-order valence-corrected chi connectivity index (χ4v) is 2.88. The number of methoxy groups -OCH3 is 2. The third-order valence-electron chi connectivity index (χ3n) is 4.45. The SMILES string of the molecule is COc1ccc(NC(N)=NCCCN2CCC(C)CC2)cc1OC. The molecule has 6 nitrogen and oxygen atoms in total. The number of rotatable bonds is 7. The molecule has 1 aliphatic heterocycles. The highest BCUT2D eigenvalue weighted by molar-refractivity contribution is 5.92. The Hall–Kier alpha value is -1.95. The first-order valence-electron chi connectivity index (χ1n) is 8.63. The zero-order valence-electron chi connectivity index (χ0n) is 15.0. The van der Waals surface area contributed by atoms with Gasteiger partial charge >= 0.3 is 0 Å². The predicted molar refractivity (Wildman–Crippen MR) is 99.1 cm³/mol. The van der Waals surface area contributed by atoms with E-state index in [-0.39, 0.29) is 0 Å². The predicted octanol–water partition coefficient (Wildman–Crippen LogP) is 2.55. The Morgan fingerprint density at radius 1 is 1.25 bits per heavy atom. The van der Waals surface area contributed by atoms with Crippen molar-refractivity contribution >= 4 is 11.6 Å². The van der Waals surface area contributed by atoms with Crippen LogP contribution in [-0.2, 0) is 0 Å². The molecule has 0 bridgehead atoms. The molecule has 2 rings (SSSR count). The number of nitrogens with zero attached hydrogens (tertiary/aromatic N) is 2. The first-order valence-corrected chi connectivity index (χ1v) is 8.63. The van der Waals surface area contributed by atoms with Gasteiger partial charge in [0.25, 0.3) is 0 Å². The molecule has 0 saturated carbocycles. The van der Waals surface area contributed by atoms with Crippen LogP contribution in [0.5, 0.6) is 11.5 Å². The largest absolute Gasteiger partial charge is 0.493 e. The van der Waals surface area contributed by atoms with E-state index in [1.165, 1.54) is 25.9 Å². The second kappa shape index (κ2) is 9.37. The van der Waals surface area contributed by atoms with Crippen molar-refractivity contribution in [2.45, 2.75) is 26.2 Å². The van der Waals surface area contributed by atoms with E-state index < -0.39 is 0 Å². The van der Waals surface area contributed by atoms with Gasteiger partial charge in [0, 0.05) is 18.3 Å². The summed E-state index contributed by atoms with van der Waals surface area (Å²) in [6.45, 7) is 6.59. The van der Waals surface area contributed by atoms with Crippen molar-refractivity contribution in [2.75, 3.05) is 45.7 Å². The Morgan fingerprint density at radius 2 is 1.96 bits per heavy atom. The molecule has 1 aromatic carbocycles. The molecular weight excluding hydrogens is 304 g/mol. The van der Waals surface area contributed by atoms with Gasteiger partial charge in [0.15, 0.2) is 17.5 Å². The zero-order chi connectivity index (χ0) is 17.4. The molecule has 134 valence electrons. The lowest BCUT2D eigenvalue weighted by molar-refractivity contribution is 0.192. The molecule has 6 heteroatoms. The van der Waals surface area contributed by atoms with Crippen molar-refractivity contribution in [3.05, 3.63) is 18.2 Å². The van der Waals surface area contributed by atoms with Crippen LogP contribution in [0.15, 0.2) is 23.2 Å². The van der Waals surface area contributed by atoms with Crippen LogP contribution < -0.4 is 20.5 Å². The monoisotopic (exact) mass is 334 g/mol. The summed E-state index contributed by atoms with van der Waals surface area (Å²) in [6.07, 6.45) is 3.65. The molecule has 0 spiro atoms. The van der Waals surface area contributed by atoms with E-state index in [4.69, 9.17) is 15.2 Å². The fourth-order valence-electron chi connectivity index (χ4n) is 2.88. The standard InChI is InChI=1S/C18H30N4O2/c1-14-7-11-22(12-8-14)10-4-9-20-18(19)21-15-5-6-16(23-2)17(13-15)24-3/h5-6,13-14H,4,7-12H2,1-3H3,(H3,19,20,21). The topological polar surface area (TPSA) is 72.1 Å². The van der Waals surface area contributed by atoms with Gasteiger partial charge in [-0.1, -0.05) is 6.92 Å². The van der Waals surface area contributed by atoms with Crippen LogP contribution in [0.1, 0.15) is 26.2 Å². The smallest absolute Gasteiger partial charge is 0.193 e. The molecule has 0 amide bonds. The lowest BCUT2D eigenvalue weighted by Crippen LogP contribution is -2.34. The average molecular weight is 334 g/mol. The van der Waals surface area contributed by atoms with Crippen molar-refractivity contribution in [1.82, 2.24) is 4.90 Å². The van der Waals surface area contributed by atoms with Gasteiger partial charge in [-0.25, -0.2) is 0 Å². The second-order valence-electron chi connectivity index (χ2n) is 6.34. The van der Waals surface area contributed by atoms with Gasteiger partial charge in [-0.15, -0.1) is 0 Å². The van der Waals surface area contributed by atoms with E-state index in [2.05, 4.69) is 22.1 Å². The summed E-state index contributed by atoms with van der Waals surface area (Å²) in [5.74, 6) is 2.65. The first-order chi connectivity index (χ1) is 11.6. The summed E-state index contributed by atoms with van der Waals surface area (Å²) >= 11 is 0. The molecule has 1 aliphatic rings. The number of ether oxygens (including phenoxy) is 2. The Morgan fingerprint density at radius 3 is 2.62 bits per heavy atom. The number of aliphatic imine (C=N–C) groups is 1. The van der Waals surface area contributed by atoms with Gasteiger partial charge in [-0.3, -0.25) is 4.99 Å². The maximum Gasteiger partial charge on any atom is 0.193 e. The summed E-state index contributed by atoms with van der Waals surface area (Å²) in [5.41, 5.74) is 6.79. The maximum absolute atomic E-state index is 5.96. The first kappa shape index (κ1) is 18.4. The van der Waals surface area contributed by atoms with Crippen LogP contribution in [0.25, 0.3) is 0 Å². The average Bonchev–Trinajstić information content (AvgIpc) is 2.60. The van der Waals surface area contributed by atoms with E-state index in [1.807, 2.05) is 18.2 Å². The summed E-state index contributed by atoms with van der Waals surface area (Å²) in [5, 5.41) is 3.09. The minimum atomic E-state index is 0.425. The Labute approximate surface area is 145 Å². The Bertz CT molecular complexity index is 540. The third-order valence-corrected chi connectivity index (χ3v) is 4.45. The van der Waals surface area contributed by atoms with Crippen LogP contribution in [-0.4, -0.2) is 51.3 Å². The van der Waals surface area contributed by atoms with Gasteiger partial charge < -0.3 is 25.4 Å². The van der Waals surface area contributed by atoms with Crippen molar-refractivity contribution in [3.63, 3.8) is 0 Å². The molecule has 1 fully saturated rings. The zero-order valence-corrected chi connectivity index (χ0v) is 15.0. The van der Waals surface area contributed by atoms with Crippen molar-refractivity contribution in [3.8, 4) is 11.5 Å². The van der Waals surface area contributed by atoms with E-state index >= 15 is 0 Å². The highest BCUT2D eigenvalue weighted by atomic mass is 16.5. The number of nitrogens with one attached hydrogen (secondary N) is 1. The van der Waals surface area contributed by atoms with Crippen molar-refractivity contribution in [2.24, 2.45) is 16.6 Å². The van der Waals surface area contributed by atoms with Crippen molar-refractivity contribution < 1.29 is 9.47 Å².